The Balaban J connectivity index is 2.17. The SMILES string of the molecule is CNC(=O)Cc1ccc(CS(=O)(=O)c2ccc(Cl)c(Cl)c2)cc1. The topological polar surface area (TPSA) is 63.2 Å². The Labute approximate surface area is 145 Å². The summed E-state index contributed by atoms with van der Waals surface area (Å²) < 4.78 is 24.8. The molecule has 4 nitrogen and oxygen atoms in total. The van der Waals surface area contributed by atoms with E-state index in [1.807, 2.05) is 0 Å². The van der Waals surface area contributed by atoms with Gasteiger partial charge < -0.3 is 5.32 Å². The largest absolute Gasteiger partial charge is 0.359 e. The number of carbonyl (C=O) groups excluding carboxylic acids is 1. The van der Waals surface area contributed by atoms with Gasteiger partial charge in [-0.1, -0.05) is 47.5 Å². The molecule has 0 saturated carbocycles. The Hall–Kier alpha value is -1.56. The van der Waals surface area contributed by atoms with Crippen LogP contribution in [0.4, 0.5) is 0 Å². The molecule has 0 radical (unpaired) electrons. The summed E-state index contributed by atoms with van der Waals surface area (Å²) in [5.74, 6) is -0.244. The zero-order valence-electron chi connectivity index (χ0n) is 12.3. The van der Waals surface area contributed by atoms with Crippen LogP contribution in [0.15, 0.2) is 47.4 Å². The summed E-state index contributed by atoms with van der Waals surface area (Å²) in [7, 11) is -1.95. The van der Waals surface area contributed by atoms with Crippen molar-refractivity contribution in [1.29, 1.82) is 0 Å². The molecule has 0 atom stereocenters. The maximum Gasteiger partial charge on any atom is 0.224 e. The molecule has 1 amide bonds. The fraction of sp³-hybridized carbons (Fsp3) is 0.188. The average molecular weight is 372 g/mol. The van der Waals surface area contributed by atoms with E-state index in [-0.39, 0.29) is 28.0 Å². The molecule has 2 rings (SSSR count). The van der Waals surface area contributed by atoms with Gasteiger partial charge in [-0.05, 0) is 29.3 Å². The second kappa shape index (κ2) is 7.34. The second-order valence-electron chi connectivity index (χ2n) is 5.00. The monoisotopic (exact) mass is 371 g/mol. The van der Waals surface area contributed by atoms with Crippen molar-refractivity contribution < 1.29 is 13.2 Å². The van der Waals surface area contributed by atoms with E-state index in [9.17, 15) is 13.2 Å². The van der Waals surface area contributed by atoms with Gasteiger partial charge >= 0.3 is 0 Å². The van der Waals surface area contributed by atoms with E-state index >= 15 is 0 Å². The number of likely N-dealkylation sites (N-methyl/N-ethyl adjacent to an activating group) is 1. The number of amides is 1. The summed E-state index contributed by atoms with van der Waals surface area (Å²) in [6.07, 6.45) is 0.260. The Morgan fingerprint density at radius 2 is 1.61 bits per heavy atom. The van der Waals surface area contributed by atoms with Crippen LogP contribution < -0.4 is 5.32 Å². The van der Waals surface area contributed by atoms with Crippen molar-refractivity contribution in [2.45, 2.75) is 17.1 Å². The minimum absolute atomic E-state index is 0.0961. The molecular formula is C16H15Cl2NO3S. The lowest BCUT2D eigenvalue weighted by Crippen LogP contribution is -2.19. The molecule has 122 valence electrons. The molecule has 0 unspecified atom stereocenters. The molecule has 0 aliphatic carbocycles. The smallest absolute Gasteiger partial charge is 0.224 e. The van der Waals surface area contributed by atoms with Crippen molar-refractivity contribution in [3.05, 3.63) is 63.6 Å². The summed E-state index contributed by atoms with van der Waals surface area (Å²) in [6.45, 7) is 0. The normalized spacial score (nSPS) is 11.3. The Kier molecular flexibility index (Phi) is 5.68. The third-order valence-corrected chi connectivity index (χ3v) is 5.70. The summed E-state index contributed by atoms with van der Waals surface area (Å²) in [4.78, 5) is 11.4. The van der Waals surface area contributed by atoms with Gasteiger partial charge in [-0.3, -0.25) is 4.79 Å². The van der Waals surface area contributed by atoms with Gasteiger partial charge in [0.2, 0.25) is 5.91 Å². The van der Waals surface area contributed by atoms with Crippen LogP contribution in [-0.2, 0) is 26.8 Å². The molecule has 0 aromatic heterocycles. The Morgan fingerprint density at radius 3 is 2.17 bits per heavy atom. The molecule has 0 heterocycles. The number of nitrogens with one attached hydrogen (secondary N) is 1. The van der Waals surface area contributed by atoms with Gasteiger partial charge in [-0.15, -0.1) is 0 Å². The van der Waals surface area contributed by atoms with Crippen LogP contribution in [0.2, 0.25) is 10.0 Å². The van der Waals surface area contributed by atoms with E-state index in [1.165, 1.54) is 18.2 Å². The molecule has 0 fully saturated rings. The lowest BCUT2D eigenvalue weighted by Gasteiger charge is -2.07. The molecule has 2 aromatic rings. The molecule has 1 N–H and O–H groups in total. The molecular weight excluding hydrogens is 357 g/mol. The van der Waals surface area contributed by atoms with Crippen LogP contribution in [-0.4, -0.2) is 21.4 Å². The molecule has 7 heteroatoms. The van der Waals surface area contributed by atoms with Crippen LogP contribution in [0.25, 0.3) is 0 Å². The minimum atomic E-state index is -3.52. The molecule has 2 aromatic carbocycles. The van der Waals surface area contributed by atoms with Gasteiger partial charge in [0, 0.05) is 7.05 Å². The van der Waals surface area contributed by atoms with E-state index in [4.69, 9.17) is 23.2 Å². The van der Waals surface area contributed by atoms with Gasteiger partial charge in [0.1, 0.15) is 0 Å². The molecule has 0 aliphatic rings. The summed E-state index contributed by atoms with van der Waals surface area (Å²) in [5.41, 5.74) is 1.46. The minimum Gasteiger partial charge on any atom is -0.359 e. The second-order valence-corrected chi connectivity index (χ2v) is 7.81. The molecule has 0 spiro atoms. The number of benzene rings is 2. The highest BCUT2D eigenvalue weighted by Gasteiger charge is 2.16. The third kappa shape index (κ3) is 4.70. The van der Waals surface area contributed by atoms with Crippen LogP contribution in [0.5, 0.6) is 0 Å². The van der Waals surface area contributed by atoms with Crippen LogP contribution >= 0.6 is 23.2 Å². The van der Waals surface area contributed by atoms with Crippen molar-refractivity contribution >= 4 is 38.9 Å². The van der Waals surface area contributed by atoms with Crippen LogP contribution in [0, 0.1) is 0 Å². The summed E-state index contributed by atoms with van der Waals surface area (Å²) in [6, 6.07) is 11.1. The first kappa shape index (κ1) is 17.8. The van der Waals surface area contributed by atoms with Gasteiger partial charge in [0.25, 0.3) is 0 Å². The quantitative estimate of drug-likeness (QED) is 0.876. The van der Waals surface area contributed by atoms with Crippen LogP contribution in [0.1, 0.15) is 11.1 Å². The highest BCUT2D eigenvalue weighted by Crippen LogP contribution is 2.26. The lowest BCUT2D eigenvalue weighted by atomic mass is 10.1. The number of carbonyl (C=O) groups is 1. The molecule has 23 heavy (non-hydrogen) atoms. The maximum absolute atomic E-state index is 12.4. The van der Waals surface area contributed by atoms with Gasteiger partial charge in [-0.25, -0.2) is 8.42 Å². The molecule has 0 aliphatic heterocycles. The number of rotatable bonds is 5. The number of halogens is 2. The molecule has 0 bridgehead atoms. The maximum atomic E-state index is 12.4. The van der Waals surface area contributed by atoms with E-state index in [1.54, 1.807) is 31.3 Å². The van der Waals surface area contributed by atoms with Crippen molar-refractivity contribution in [3.8, 4) is 0 Å². The fourth-order valence-electron chi connectivity index (χ4n) is 2.00. The summed E-state index contributed by atoms with van der Waals surface area (Å²) in [5, 5.41) is 3.05. The first-order chi connectivity index (χ1) is 10.8. The predicted molar refractivity (Wildman–Crippen MR) is 91.6 cm³/mol. The van der Waals surface area contributed by atoms with E-state index in [0.717, 1.165) is 5.56 Å². The Morgan fingerprint density at radius 1 is 1.00 bits per heavy atom. The number of sulfone groups is 1. The zero-order chi connectivity index (χ0) is 17.0. The van der Waals surface area contributed by atoms with E-state index in [0.29, 0.717) is 10.6 Å². The number of hydrogen-bond acceptors (Lipinski definition) is 3. The molecule has 0 saturated heterocycles. The van der Waals surface area contributed by atoms with Gasteiger partial charge in [0.15, 0.2) is 9.84 Å². The predicted octanol–water partition coefficient (Wildman–Crippen LogP) is 3.26. The van der Waals surface area contributed by atoms with E-state index in [2.05, 4.69) is 5.32 Å². The first-order valence-corrected chi connectivity index (χ1v) is 9.19. The fourth-order valence-corrected chi connectivity index (χ4v) is 3.73. The first-order valence-electron chi connectivity index (χ1n) is 6.78. The zero-order valence-corrected chi connectivity index (χ0v) is 14.7. The van der Waals surface area contributed by atoms with E-state index < -0.39 is 9.84 Å². The summed E-state index contributed by atoms with van der Waals surface area (Å²) >= 11 is 11.7. The van der Waals surface area contributed by atoms with Gasteiger partial charge in [0.05, 0.1) is 27.1 Å². The van der Waals surface area contributed by atoms with Crippen molar-refractivity contribution in [2.24, 2.45) is 0 Å². The highest BCUT2D eigenvalue weighted by molar-refractivity contribution is 7.90. The third-order valence-electron chi connectivity index (χ3n) is 3.27. The van der Waals surface area contributed by atoms with Crippen molar-refractivity contribution in [1.82, 2.24) is 5.32 Å². The Bertz CT molecular complexity index is 818. The average Bonchev–Trinajstić information content (AvgIpc) is 2.51. The standard InChI is InChI=1S/C16H15Cl2NO3S/c1-19-16(20)8-11-2-4-12(5-3-11)10-23(21,22)13-6-7-14(17)15(18)9-13/h2-7,9H,8,10H2,1H3,(H,19,20). The van der Waals surface area contributed by atoms with Gasteiger partial charge in [-0.2, -0.15) is 0 Å². The number of hydrogen-bond donors (Lipinski definition) is 1. The lowest BCUT2D eigenvalue weighted by molar-refractivity contribution is -0.119. The highest BCUT2D eigenvalue weighted by atomic mass is 35.5. The van der Waals surface area contributed by atoms with Crippen molar-refractivity contribution in [3.63, 3.8) is 0 Å². The van der Waals surface area contributed by atoms with Crippen LogP contribution in [0.3, 0.4) is 0 Å². The van der Waals surface area contributed by atoms with Crippen molar-refractivity contribution in [2.75, 3.05) is 7.05 Å².